The maximum Gasteiger partial charge on any atom is 0.231 e. The fourth-order valence-corrected chi connectivity index (χ4v) is 2.48. The van der Waals surface area contributed by atoms with Crippen LogP contribution in [0.3, 0.4) is 0 Å². The molecule has 0 spiro atoms. The summed E-state index contributed by atoms with van der Waals surface area (Å²) in [4.78, 5) is 4.57. The summed E-state index contributed by atoms with van der Waals surface area (Å²) < 4.78 is 10.6. The molecular formula is C16H23N3O2. The van der Waals surface area contributed by atoms with Crippen LogP contribution in [0.2, 0.25) is 0 Å². The first kappa shape index (κ1) is 15.5. The van der Waals surface area contributed by atoms with Gasteiger partial charge in [0.05, 0.1) is 13.0 Å². The number of likely N-dealkylation sites (N-methyl/N-ethyl adjacent to an activating group) is 1. The lowest BCUT2D eigenvalue weighted by atomic mass is 9.89. The number of nitrogens with zero attached hydrogens (tertiary/aromatic N) is 2. The summed E-state index contributed by atoms with van der Waals surface area (Å²) in [6.07, 6.45) is 0. The Morgan fingerprint density at radius 2 is 1.81 bits per heavy atom. The van der Waals surface area contributed by atoms with Gasteiger partial charge in [-0.25, -0.2) is 0 Å². The number of hydrogen-bond donors (Lipinski definition) is 1. The second-order valence-corrected chi connectivity index (χ2v) is 5.53. The molecule has 2 aromatic rings. The second-order valence-electron chi connectivity index (χ2n) is 5.53. The largest absolute Gasteiger partial charge is 0.497 e. The summed E-state index contributed by atoms with van der Waals surface area (Å²) in [6.45, 7) is 6.45. The molecule has 2 unspecified atom stereocenters. The van der Waals surface area contributed by atoms with Crippen LogP contribution in [0.1, 0.15) is 32.6 Å². The molecule has 0 fully saturated rings. The molecule has 1 aromatic carbocycles. The van der Waals surface area contributed by atoms with Crippen LogP contribution < -0.4 is 10.1 Å². The molecule has 1 N–H and O–H groups in total. The minimum atomic E-state index is 0.189. The second kappa shape index (κ2) is 6.72. The van der Waals surface area contributed by atoms with Crippen molar-refractivity contribution in [1.82, 2.24) is 15.5 Å². The number of hydrogen-bond acceptors (Lipinski definition) is 5. The SMILES string of the molecule is CNC(C)C(c1nc(-c2ccc(OC)cc2)no1)C(C)C. The summed E-state index contributed by atoms with van der Waals surface area (Å²) in [5.74, 6) is 2.71. The van der Waals surface area contributed by atoms with E-state index in [0.29, 0.717) is 17.6 Å². The van der Waals surface area contributed by atoms with E-state index in [1.54, 1.807) is 7.11 Å². The van der Waals surface area contributed by atoms with E-state index in [1.165, 1.54) is 0 Å². The minimum Gasteiger partial charge on any atom is -0.497 e. The minimum absolute atomic E-state index is 0.189. The summed E-state index contributed by atoms with van der Waals surface area (Å²) >= 11 is 0. The normalized spacial score (nSPS) is 14.2. The van der Waals surface area contributed by atoms with Gasteiger partial charge in [-0.3, -0.25) is 0 Å². The average molecular weight is 289 g/mol. The molecule has 21 heavy (non-hydrogen) atoms. The predicted molar refractivity (Wildman–Crippen MR) is 82.4 cm³/mol. The molecule has 2 atom stereocenters. The predicted octanol–water partition coefficient (Wildman–Crippen LogP) is 3.09. The summed E-state index contributed by atoms with van der Waals surface area (Å²) in [7, 11) is 3.59. The van der Waals surface area contributed by atoms with E-state index in [1.807, 2.05) is 31.3 Å². The molecule has 1 heterocycles. The lowest BCUT2D eigenvalue weighted by Gasteiger charge is -2.23. The van der Waals surface area contributed by atoms with Gasteiger partial charge < -0.3 is 14.6 Å². The van der Waals surface area contributed by atoms with Gasteiger partial charge in [-0.2, -0.15) is 4.98 Å². The maximum atomic E-state index is 5.49. The molecular weight excluding hydrogens is 266 g/mol. The van der Waals surface area contributed by atoms with Gasteiger partial charge in [0.25, 0.3) is 0 Å². The molecule has 0 saturated heterocycles. The maximum absolute atomic E-state index is 5.49. The third kappa shape index (κ3) is 3.42. The fourth-order valence-electron chi connectivity index (χ4n) is 2.48. The Labute approximate surface area is 125 Å². The van der Waals surface area contributed by atoms with Crippen molar-refractivity contribution in [2.45, 2.75) is 32.7 Å². The highest BCUT2D eigenvalue weighted by Gasteiger charge is 2.27. The van der Waals surface area contributed by atoms with Crippen LogP contribution in [0.4, 0.5) is 0 Å². The average Bonchev–Trinajstić information content (AvgIpc) is 2.96. The van der Waals surface area contributed by atoms with Crippen LogP contribution in [-0.4, -0.2) is 30.3 Å². The quantitative estimate of drug-likeness (QED) is 0.885. The highest BCUT2D eigenvalue weighted by atomic mass is 16.5. The first-order chi connectivity index (χ1) is 10.1. The summed E-state index contributed by atoms with van der Waals surface area (Å²) in [5, 5.41) is 7.37. The van der Waals surface area contributed by atoms with Gasteiger partial charge in [0.15, 0.2) is 0 Å². The van der Waals surface area contributed by atoms with E-state index in [0.717, 1.165) is 11.3 Å². The zero-order valence-corrected chi connectivity index (χ0v) is 13.3. The molecule has 2 rings (SSSR count). The van der Waals surface area contributed by atoms with Crippen molar-refractivity contribution in [3.05, 3.63) is 30.2 Å². The Morgan fingerprint density at radius 3 is 2.33 bits per heavy atom. The number of rotatable bonds is 6. The van der Waals surface area contributed by atoms with Gasteiger partial charge in [0, 0.05) is 11.6 Å². The zero-order valence-electron chi connectivity index (χ0n) is 13.3. The van der Waals surface area contributed by atoms with Gasteiger partial charge in [0.1, 0.15) is 5.75 Å². The highest BCUT2D eigenvalue weighted by molar-refractivity contribution is 5.55. The van der Waals surface area contributed by atoms with Crippen molar-refractivity contribution in [3.8, 4) is 17.1 Å². The fraction of sp³-hybridized carbons (Fsp3) is 0.500. The van der Waals surface area contributed by atoms with E-state index < -0.39 is 0 Å². The molecule has 5 nitrogen and oxygen atoms in total. The number of methoxy groups -OCH3 is 1. The first-order valence-electron chi connectivity index (χ1n) is 7.22. The Balaban J connectivity index is 2.26. The van der Waals surface area contributed by atoms with Gasteiger partial charge in [0.2, 0.25) is 11.7 Å². The summed E-state index contributed by atoms with van der Waals surface area (Å²) in [5.41, 5.74) is 0.922. The van der Waals surface area contributed by atoms with E-state index in [4.69, 9.17) is 9.26 Å². The monoisotopic (exact) mass is 289 g/mol. The Bertz CT molecular complexity index is 563. The lowest BCUT2D eigenvalue weighted by Crippen LogP contribution is -2.32. The van der Waals surface area contributed by atoms with E-state index in [2.05, 4.69) is 36.2 Å². The Kier molecular flexibility index (Phi) is 4.96. The Hall–Kier alpha value is -1.88. The topological polar surface area (TPSA) is 60.2 Å². The van der Waals surface area contributed by atoms with Gasteiger partial charge in [-0.15, -0.1) is 0 Å². The van der Waals surface area contributed by atoms with Crippen molar-refractivity contribution in [2.75, 3.05) is 14.2 Å². The van der Waals surface area contributed by atoms with Gasteiger partial charge in [-0.1, -0.05) is 19.0 Å². The third-order valence-corrected chi connectivity index (χ3v) is 3.79. The number of aromatic nitrogens is 2. The number of ether oxygens (including phenoxy) is 1. The zero-order chi connectivity index (χ0) is 15.4. The van der Waals surface area contributed by atoms with Crippen molar-refractivity contribution >= 4 is 0 Å². The molecule has 5 heteroatoms. The van der Waals surface area contributed by atoms with E-state index >= 15 is 0 Å². The van der Waals surface area contributed by atoms with Crippen LogP contribution >= 0.6 is 0 Å². The van der Waals surface area contributed by atoms with Crippen LogP contribution in [0.25, 0.3) is 11.4 Å². The van der Waals surface area contributed by atoms with Crippen LogP contribution in [0.15, 0.2) is 28.8 Å². The van der Waals surface area contributed by atoms with E-state index in [-0.39, 0.29) is 12.0 Å². The Morgan fingerprint density at radius 1 is 1.14 bits per heavy atom. The molecule has 0 saturated carbocycles. The molecule has 0 aliphatic rings. The molecule has 0 aliphatic heterocycles. The van der Waals surface area contributed by atoms with Crippen LogP contribution in [0.5, 0.6) is 5.75 Å². The standard InChI is InChI=1S/C16H23N3O2/c1-10(2)14(11(3)17-4)16-18-15(19-21-16)12-6-8-13(20-5)9-7-12/h6-11,14,17H,1-5H3. The van der Waals surface area contributed by atoms with Gasteiger partial charge >= 0.3 is 0 Å². The smallest absolute Gasteiger partial charge is 0.231 e. The highest BCUT2D eigenvalue weighted by Crippen LogP contribution is 2.28. The number of benzene rings is 1. The summed E-state index contributed by atoms with van der Waals surface area (Å²) in [6, 6.07) is 7.91. The lowest BCUT2D eigenvalue weighted by molar-refractivity contribution is 0.286. The van der Waals surface area contributed by atoms with Gasteiger partial charge in [-0.05, 0) is 44.2 Å². The van der Waals surface area contributed by atoms with Crippen LogP contribution in [-0.2, 0) is 0 Å². The molecule has 0 radical (unpaired) electrons. The van der Waals surface area contributed by atoms with Crippen molar-refractivity contribution in [1.29, 1.82) is 0 Å². The molecule has 0 aliphatic carbocycles. The van der Waals surface area contributed by atoms with Crippen molar-refractivity contribution < 1.29 is 9.26 Å². The van der Waals surface area contributed by atoms with Crippen molar-refractivity contribution in [2.24, 2.45) is 5.92 Å². The molecule has 114 valence electrons. The third-order valence-electron chi connectivity index (χ3n) is 3.79. The number of nitrogens with one attached hydrogen (secondary N) is 1. The van der Waals surface area contributed by atoms with Crippen LogP contribution in [0, 0.1) is 5.92 Å². The molecule has 0 amide bonds. The first-order valence-corrected chi connectivity index (χ1v) is 7.22. The van der Waals surface area contributed by atoms with E-state index in [9.17, 15) is 0 Å². The van der Waals surface area contributed by atoms with Crippen molar-refractivity contribution in [3.63, 3.8) is 0 Å². The molecule has 1 aromatic heterocycles. The molecule has 0 bridgehead atoms.